The first-order valence-corrected chi connectivity index (χ1v) is 3.85. The highest BCUT2D eigenvalue weighted by atomic mass is 32.2. The van der Waals surface area contributed by atoms with Crippen LogP contribution in [0.5, 0.6) is 0 Å². The minimum absolute atomic E-state index is 0.537. The minimum Gasteiger partial charge on any atom is -0.243 e. The molecule has 0 N–H and O–H groups in total. The Morgan fingerprint density at radius 1 is 1.70 bits per heavy atom. The summed E-state index contributed by atoms with van der Waals surface area (Å²) in [6.45, 7) is 0. The molecule has 0 saturated carbocycles. The second-order valence-corrected chi connectivity index (χ2v) is 2.35. The summed E-state index contributed by atoms with van der Waals surface area (Å²) in [5.74, 6) is 0. The zero-order chi connectivity index (χ0) is 7.40. The smallest absolute Gasteiger partial charge is 0.117 e. The quantitative estimate of drug-likeness (QED) is 0.445. The van der Waals surface area contributed by atoms with E-state index in [1.807, 2.05) is 12.3 Å². The fraction of sp³-hybridized carbons (Fsp3) is 0.167. The molecule has 50 valence electrons. The maximum absolute atomic E-state index is 8.51. The van der Waals surface area contributed by atoms with Crippen molar-refractivity contribution in [3.8, 4) is 6.07 Å². The highest BCUT2D eigenvalue weighted by molar-refractivity contribution is 7.98. The van der Waals surface area contributed by atoms with Crippen LogP contribution in [0, 0.1) is 11.3 Å². The zero-order valence-electron chi connectivity index (χ0n) is 5.40. The first-order valence-electron chi connectivity index (χ1n) is 2.62. The molecule has 0 aliphatic heterocycles. The SMILES string of the molecule is CSc1ncncc1C#N. The normalized spacial score (nSPS) is 8.80. The fourth-order valence-electron chi connectivity index (χ4n) is 0.558. The Bertz CT molecular complexity index is 266. The van der Waals surface area contributed by atoms with Gasteiger partial charge in [-0.2, -0.15) is 5.26 Å². The van der Waals surface area contributed by atoms with Crippen molar-refractivity contribution in [1.82, 2.24) is 9.97 Å². The zero-order valence-corrected chi connectivity index (χ0v) is 6.22. The van der Waals surface area contributed by atoms with E-state index in [4.69, 9.17) is 5.26 Å². The molecule has 0 aliphatic carbocycles. The van der Waals surface area contributed by atoms with Crippen molar-refractivity contribution < 1.29 is 0 Å². The number of nitriles is 1. The van der Waals surface area contributed by atoms with Gasteiger partial charge in [-0.3, -0.25) is 0 Å². The van der Waals surface area contributed by atoms with Gasteiger partial charge in [-0.15, -0.1) is 11.8 Å². The molecule has 1 rings (SSSR count). The van der Waals surface area contributed by atoms with Crippen LogP contribution in [0.4, 0.5) is 0 Å². The van der Waals surface area contributed by atoms with E-state index in [0.717, 1.165) is 5.03 Å². The van der Waals surface area contributed by atoms with Crippen LogP contribution in [0.1, 0.15) is 5.56 Å². The summed E-state index contributed by atoms with van der Waals surface area (Å²) in [5, 5.41) is 9.24. The molecule has 0 fully saturated rings. The van der Waals surface area contributed by atoms with E-state index >= 15 is 0 Å². The number of thioether (sulfide) groups is 1. The van der Waals surface area contributed by atoms with Gasteiger partial charge < -0.3 is 0 Å². The van der Waals surface area contributed by atoms with Crippen LogP contribution in [0.2, 0.25) is 0 Å². The molecule has 1 heterocycles. The van der Waals surface area contributed by atoms with Gasteiger partial charge in [-0.25, -0.2) is 9.97 Å². The third kappa shape index (κ3) is 1.25. The molecule has 0 spiro atoms. The minimum atomic E-state index is 0.537. The van der Waals surface area contributed by atoms with Crippen molar-refractivity contribution in [2.24, 2.45) is 0 Å². The van der Waals surface area contributed by atoms with E-state index in [-0.39, 0.29) is 0 Å². The van der Waals surface area contributed by atoms with E-state index in [0.29, 0.717) is 5.56 Å². The van der Waals surface area contributed by atoms with Gasteiger partial charge >= 0.3 is 0 Å². The topological polar surface area (TPSA) is 49.6 Å². The molecule has 0 saturated heterocycles. The fourth-order valence-corrected chi connectivity index (χ4v) is 1.03. The van der Waals surface area contributed by atoms with Crippen LogP contribution < -0.4 is 0 Å². The Balaban J connectivity index is 3.12. The predicted molar refractivity (Wildman–Crippen MR) is 38.5 cm³/mol. The third-order valence-electron chi connectivity index (χ3n) is 0.989. The number of aromatic nitrogens is 2. The van der Waals surface area contributed by atoms with Gasteiger partial charge in [0, 0.05) is 6.20 Å². The first kappa shape index (κ1) is 7.03. The molecule has 1 aromatic heterocycles. The summed E-state index contributed by atoms with van der Waals surface area (Å²) in [6.07, 6.45) is 4.83. The summed E-state index contributed by atoms with van der Waals surface area (Å²) >= 11 is 1.45. The number of hydrogen-bond acceptors (Lipinski definition) is 4. The molecule has 0 aromatic carbocycles. The maximum Gasteiger partial charge on any atom is 0.117 e. The highest BCUT2D eigenvalue weighted by Gasteiger charge is 1.98. The number of hydrogen-bond donors (Lipinski definition) is 0. The van der Waals surface area contributed by atoms with Crippen LogP contribution in [0.3, 0.4) is 0 Å². The average molecular weight is 151 g/mol. The van der Waals surface area contributed by atoms with Crippen LogP contribution in [-0.4, -0.2) is 16.2 Å². The Morgan fingerprint density at radius 3 is 3.00 bits per heavy atom. The van der Waals surface area contributed by atoms with Gasteiger partial charge in [0.1, 0.15) is 23.0 Å². The van der Waals surface area contributed by atoms with Crippen molar-refractivity contribution in [1.29, 1.82) is 5.26 Å². The van der Waals surface area contributed by atoms with Gasteiger partial charge in [0.25, 0.3) is 0 Å². The molecule has 1 aromatic rings. The van der Waals surface area contributed by atoms with Gasteiger partial charge in [0.2, 0.25) is 0 Å². The van der Waals surface area contributed by atoms with Crippen molar-refractivity contribution in [3.63, 3.8) is 0 Å². The molecule has 0 radical (unpaired) electrons. The van der Waals surface area contributed by atoms with E-state index in [1.165, 1.54) is 24.3 Å². The Hall–Kier alpha value is -1.08. The summed E-state index contributed by atoms with van der Waals surface area (Å²) in [5.41, 5.74) is 0.537. The number of rotatable bonds is 1. The van der Waals surface area contributed by atoms with Crippen LogP contribution >= 0.6 is 11.8 Å². The molecule has 0 atom stereocenters. The molecule has 0 aliphatic rings. The summed E-state index contributed by atoms with van der Waals surface area (Å²) in [4.78, 5) is 7.61. The lowest BCUT2D eigenvalue weighted by molar-refractivity contribution is 1.03. The van der Waals surface area contributed by atoms with Crippen molar-refractivity contribution >= 4 is 11.8 Å². The molecule has 4 heteroatoms. The summed E-state index contributed by atoms with van der Waals surface area (Å²) in [7, 11) is 0. The average Bonchev–Trinajstić information content (AvgIpc) is 2.04. The lowest BCUT2D eigenvalue weighted by Gasteiger charge is -1.93. The Morgan fingerprint density at radius 2 is 2.50 bits per heavy atom. The molecule has 0 unspecified atom stereocenters. The molecule has 3 nitrogen and oxygen atoms in total. The predicted octanol–water partition coefficient (Wildman–Crippen LogP) is 1.07. The summed E-state index contributed by atoms with van der Waals surface area (Å²) < 4.78 is 0. The van der Waals surface area contributed by atoms with Crippen molar-refractivity contribution in [2.75, 3.05) is 6.26 Å². The Labute approximate surface area is 63.1 Å². The van der Waals surface area contributed by atoms with Gasteiger partial charge in [-0.05, 0) is 6.26 Å². The van der Waals surface area contributed by atoms with Gasteiger partial charge in [0.15, 0.2) is 0 Å². The van der Waals surface area contributed by atoms with E-state index < -0.39 is 0 Å². The molecule has 0 bridgehead atoms. The van der Waals surface area contributed by atoms with E-state index in [1.54, 1.807) is 0 Å². The van der Waals surface area contributed by atoms with Crippen LogP contribution in [0.25, 0.3) is 0 Å². The van der Waals surface area contributed by atoms with Crippen molar-refractivity contribution in [3.05, 3.63) is 18.1 Å². The second kappa shape index (κ2) is 3.18. The first-order chi connectivity index (χ1) is 4.88. The number of nitrogens with zero attached hydrogens (tertiary/aromatic N) is 3. The summed E-state index contributed by atoms with van der Waals surface area (Å²) in [6, 6.07) is 2.00. The largest absolute Gasteiger partial charge is 0.243 e. The third-order valence-corrected chi connectivity index (χ3v) is 1.70. The lowest BCUT2D eigenvalue weighted by atomic mass is 10.4. The second-order valence-electron chi connectivity index (χ2n) is 1.56. The van der Waals surface area contributed by atoms with Crippen molar-refractivity contribution in [2.45, 2.75) is 5.03 Å². The van der Waals surface area contributed by atoms with Gasteiger partial charge in [-0.1, -0.05) is 0 Å². The molecule has 10 heavy (non-hydrogen) atoms. The van der Waals surface area contributed by atoms with Gasteiger partial charge in [0.05, 0.1) is 0 Å². The molecular formula is C6H5N3S. The maximum atomic E-state index is 8.51. The lowest BCUT2D eigenvalue weighted by Crippen LogP contribution is -1.85. The Kier molecular flexibility index (Phi) is 2.24. The molecule has 0 amide bonds. The standard InChI is InChI=1S/C6H5N3S/c1-10-6-5(2-7)3-8-4-9-6/h3-4H,1H3. The monoisotopic (exact) mass is 151 g/mol. The van der Waals surface area contributed by atoms with Crippen LogP contribution in [-0.2, 0) is 0 Å². The van der Waals surface area contributed by atoms with E-state index in [2.05, 4.69) is 9.97 Å². The highest BCUT2D eigenvalue weighted by Crippen LogP contribution is 2.13. The van der Waals surface area contributed by atoms with Crippen LogP contribution in [0.15, 0.2) is 17.6 Å². The van der Waals surface area contributed by atoms with E-state index in [9.17, 15) is 0 Å². The molecular weight excluding hydrogens is 146 g/mol.